The van der Waals surface area contributed by atoms with Crippen molar-refractivity contribution in [1.29, 1.82) is 0 Å². The summed E-state index contributed by atoms with van der Waals surface area (Å²) in [6.45, 7) is 5.35. The fourth-order valence-corrected chi connectivity index (χ4v) is 2.11. The minimum Gasteiger partial charge on any atom is -0.351 e. The van der Waals surface area contributed by atoms with Crippen LogP contribution in [0.2, 0.25) is 0 Å². The van der Waals surface area contributed by atoms with Gasteiger partial charge in [0.1, 0.15) is 5.92 Å². The number of rotatable bonds is 1. The number of carbonyl (C=O) groups is 3. The molecule has 1 aliphatic heterocycles. The Morgan fingerprint density at radius 3 is 2.45 bits per heavy atom. The summed E-state index contributed by atoms with van der Waals surface area (Å²) < 4.78 is 0. The lowest BCUT2D eigenvalue weighted by molar-refractivity contribution is -0.159. The minimum atomic E-state index is -1.21. The van der Waals surface area contributed by atoms with Crippen LogP contribution in [-0.2, 0) is 9.59 Å². The van der Waals surface area contributed by atoms with E-state index in [1.165, 1.54) is 6.07 Å². The zero-order valence-electron chi connectivity index (χ0n) is 11.5. The van der Waals surface area contributed by atoms with Crippen LogP contribution < -0.4 is 5.32 Å². The third kappa shape index (κ3) is 2.42. The zero-order valence-corrected chi connectivity index (χ0v) is 11.5. The van der Waals surface area contributed by atoms with E-state index >= 15 is 0 Å². The Hall–Kier alpha value is -2.21. The lowest BCUT2D eigenvalue weighted by Gasteiger charge is -2.30. The maximum absolute atomic E-state index is 12.3. The van der Waals surface area contributed by atoms with Crippen molar-refractivity contribution in [2.75, 3.05) is 0 Å². The molecule has 6 heteroatoms. The largest absolute Gasteiger partial charge is 0.351 e. The molecular formula is C14H16N2O4. The molecule has 0 radical (unpaired) electrons. The van der Waals surface area contributed by atoms with Crippen molar-refractivity contribution in [3.8, 4) is 0 Å². The summed E-state index contributed by atoms with van der Waals surface area (Å²) in [5, 5.41) is 12.3. The Bertz CT molecular complexity index is 589. The molecule has 106 valence electrons. The van der Waals surface area contributed by atoms with Crippen molar-refractivity contribution in [2.24, 2.45) is 0 Å². The highest BCUT2D eigenvalue weighted by Crippen LogP contribution is 2.29. The van der Waals surface area contributed by atoms with Gasteiger partial charge in [0.05, 0.1) is 0 Å². The van der Waals surface area contributed by atoms with Crippen LogP contribution >= 0.6 is 0 Å². The maximum Gasteiger partial charge on any atom is 0.284 e. The number of nitrogens with one attached hydrogen (secondary N) is 1. The van der Waals surface area contributed by atoms with Crippen molar-refractivity contribution in [3.05, 3.63) is 35.4 Å². The molecule has 20 heavy (non-hydrogen) atoms. The summed E-state index contributed by atoms with van der Waals surface area (Å²) in [4.78, 5) is 36.1. The molecule has 0 saturated heterocycles. The summed E-state index contributed by atoms with van der Waals surface area (Å²) in [7, 11) is 0. The minimum absolute atomic E-state index is 0.00917. The van der Waals surface area contributed by atoms with Crippen LogP contribution in [0.3, 0.4) is 0 Å². The van der Waals surface area contributed by atoms with Gasteiger partial charge in [0.2, 0.25) is 5.91 Å². The van der Waals surface area contributed by atoms with E-state index in [4.69, 9.17) is 0 Å². The second kappa shape index (κ2) is 4.72. The number of nitrogens with zero attached hydrogens (tertiary/aromatic N) is 1. The van der Waals surface area contributed by atoms with E-state index in [1.807, 2.05) is 0 Å². The van der Waals surface area contributed by atoms with Crippen LogP contribution in [0.15, 0.2) is 24.3 Å². The maximum atomic E-state index is 12.3. The summed E-state index contributed by atoms with van der Waals surface area (Å²) in [6.07, 6.45) is 0. The topological polar surface area (TPSA) is 86.7 Å². The Morgan fingerprint density at radius 2 is 1.85 bits per heavy atom. The van der Waals surface area contributed by atoms with E-state index in [0.29, 0.717) is 5.56 Å². The first-order valence-corrected chi connectivity index (χ1v) is 6.20. The fraction of sp³-hybridized carbons (Fsp3) is 0.357. The molecule has 0 fully saturated rings. The molecule has 1 atom stereocenters. The van der Waals surface area contributed by atoms with Crippen molar-refractivity contribution < 1.29 is 19.6 Å². The Kier molecular flexibility index (Phi) is 3.35. The second-order valence-electron chi connectivity index (χ2n) is 5.71. The molecule has 1 aromatic carbocycles. The van der Waals surface area contributed by atoms with Crippen LogP contribution in [0.5, 0.6) is 0 Å². The molecule has 0 saturated carbocycles. The summed E-state index contributed by atoms with van der Waals surface area (Å²) in [5.74, 6) is -3.50. The second-order valence-corrected chi connectivity index (χ2v) is 5.71. The zero-order chi connectivity index (χ0) is 15.1. The van der Waals surface area contributed by atoms with Gasteiger partial charge in [-0.05, 0) is 32.4 Å². The van der Waals surface area contributed by atoms with Gasteiger partial charge in [-0.15, -0.1) is 0 Å². The lowest BCUT2D eigenvalue weighted by Crippen LogP contribution is -2.51. The molecule has 0 bridgehead atoms. The number of imide groups is 1. The number of benzene rings is 1. The van der Waals surface area contributed by atoms with Crippen LogP contribution in [0.1, 0.15) is 42.6 Å². The van der Waals surface area contributed by atoms with E-state index in [1.54, 1.807) is 39.0 Å². The highest BCUT2D eigenvalue weighted by atomic mass is 16.5. The van der Waals surface area contributed by atoms with E-state index in [9.17, 15) is 19.6 Å². The third-order valence-corrected chi connectivity index (χ3v) is 2.91. The molecule has 0 spiro atoms. The van der Waals surface area contributed by atoms with Gasteiger partial charge < -0.3 is 5.32 Å². The standard InChI is InChI=1S/C14H16N2O4/c1-14(2,3)15-11(17)10-8-6-4-5-7-9(8)12(18)16(20)13(10)19/h4-7,10,20H,1-3H3,(H,15,17). The molecule has 2 N–H and O–H groups in total. The van der Waals surface area contributed by atoms with Gasteiger partial charge >= 0.3 is 0 Å². The van der Waals surface area contributed by atoms with E-state index in [2.05, 4.69) is 5.32 Å². The molecule has 1 unspecified atom stereocenters. The molecule has 6 nitrogen and oxygen atoms in total. The van der Waals surface area contributed by atoms with Crippen molar-refractivity contribution in [3.63, 3.8) is 0 Å². The molecule has 1 aromatic rings. The average Bonchev–Trinajstić information content (AvgIpc) is 2.34. The lowest BCUT2D eigenvalue weighted by atomic mass is 9.88. The molecule has 0 aliphatic carbocycles. The first-order valence-electron chi connectivity index (χ1n) is 6.20. The van der Waals surface area contributed by atoms with Crippen molar-refractivity contribution in [2.45, 2.75) is 32.2 Å². The average molecular weight is 276 g/mol. The summed E-state index contributed by atoms with van der Waals surface area (Å²) in [6, 6.07) is 6.28. The fourth-order valence-electron chi connectivity index (χ4n) is 2.11. The number of carbonyl (C=O) groups excluding carboxylic acids is 3. The number of hydrogen-bond acceptors (Lipinski definition) is 4. The van der Waals surface area contributed by atoms with Crippen LogP contribution in [0.25, 0.3) is 0 Å². The van der Waals surface area contributed by atoms with Gasteiger partial charge in [-0.2, -0.15) is 5.06 Å². The van der Waals surface area contributed by atoms with Gasteiger partial charge in [0.25, 0.3) is 11.8 Å². The van der Waals surface area contributed by atoms with E-state index in [0.717, 1.165) is 0 Å². The van der Waals surface area contributed by atoms with E-state index < -0.39 is 29.2 Å². The van der Waals surface area contributed by atoms with Crippen LogP contribution in [0.4, 0.5) is 0 Å². The smallest absolute Gasteiger partial charge is 0.284 e. The van der Waals surface area contributed by atoms with E-state index in [-0.39, 0.29) is 10.6 Å². The number of amides is 3. The molecule has 2 rings (SSSR count). The first-order chi connectivity index (χ1) is 9.22. The highest BCUT2D eigenvalue weighted by Gasteiger charge is 2.42. The van der Waals surface area contributed by atoms with Crippen molar-refractivity contribution >= 4 is 17.7 Å². The van der Waals surface area contributed by atoms with Gasteiger partial charge in [-0.25, -0.2) is 0 Å². The third-order valence-electron chi connectivity index (χ3n) is 2.91. The SMILES string of the molecule is CC(C)(C)NC(=O)C1C(=O)N(O)C(=O)c2ccccc21. The van der Waals surface area contributed by atoms with Crippen LogP contribution in [-0.4, -0.2) is 33.5 Å². The molecule has 1 heterocycles. The molecular weight excluding hydrogens is 260 g/mol. The molecule has 1 aliphatic rings. The Labute approximate surface area is 116 Å². The first kappa shape index (κ1) is 14.2. The van der Waals surface area contributed by atoms with Gasteiger partial charge in [-0.3, -0.25) is 19.6 Å². The van der Waals surface area contributed by atoms with Crippen LogP contribution in [0, 0.1) is 0 Å². The number of fused-ring (bicyclic) bond motifs is 1. The van der Waals surface area contributed by atoms with Gasteiger partial charge in [-0.1, -0.05) is 18.2 Å². The normalized spacial score (nSPS) is 18.8. The molecule has 3 amide bonds. The summed E-state index contributed by atoms with van der Waals surface area (Å²) >= 11 is 0. The summed E-state index contributed by atoms with van der Waals surface area (Å²) in [5.41, 5.74) is -0.0492. The molecule has 0 aromatic heterocycles. The number of hydroxylamine groups is 2. The highest BCUT2D eigenvalue weighted by molar-refractivity contribution is 6.18. The predicted octanol–water partition coefficient (Wildman–Crippen LogP) is 1.06. The Balaban J connectivity index is 2.47. The predicted molar refractivity (Wildman–Crippen MR) is 70.0 cm³/mol. The van der Waals surface area contributed by atoms with Gasteiger partial charge in [0, 0.05) is 11.1 Å². The Morgan fingerprint density at radius 1 is 1.25 bits per heavy atom. The number of hydrogen-bond donors (Lipinski definition) is 2. The van der Waals surface area contributed by atoms with Gasteiger partial charge in [0.15, 0.2) is 0 Å². The monoisotopic (exact) mass is 276 g/mol. The van der Waals surface area contributed by atoms with Crippen molar-refractivity contribution in [1.82, 2.24) is 10.4 Å². The quantitative estimate of drug-likeness (QED) is 0.456.